The normalized spacial score (nSPS) is 11.2. The maximum absolute atomic E-state index is 13.6. The molecule has 2 N–H and O–H groups in total. The maximum Gasteiger partial charge on any atom is 0.262 e. The number of thiophene rings is 2. The van der Waals surface area contributed by atoms with Gasteiger partial charge in [0.1, 0.15) is 5.75 Å². The number of hydrogen-bond acceptors (Lipinski definition) is 6. The Morgan fingerprint density at radius 2 is 1.81 bits per heavy atom. The third-order valence-electron chi connectivity index (χ3n) is 5.32. The van der Waals surface area contributed by atoms with Crippen molar-refractivity contribution in [2.24, 2.45) is 5.73 Å². The maximum atomic E-state index is 13.6. The summed E-state index contributed by atoms with van der Waals surface area (Å²) in [6.07, 6.45) is 0. The predicted octanol–water partition coefficient (Wildman–Crippen LogP) is 5.37. The lowest BCUT2D eigenvalue weighted by Crippen LogP contribution is -2.24. The lowest BCUT2D eigenvalue weighted by Gasteiger charge is -2.14. The summed E-state index contributed by atoms with van der Waals surface area (Å²) in [6, 6.07) is 21.7. The monoisotopic (exact) mass is 459 g/mol. The number of benzene rings is 2. The SMILES string of the molecule is COc1ccc2nc(-c3ccc(-c4cccs4)s3)n(Cc3cccc(CN)c3)c(=O)c2c1. The molecule has 3 heterocycles. The third-order valence-corrected chi connectivity index (χ3v) is 7.47. The number of nitrogens with two attached hydrogens (primary N) is 1. The van der Waals surface area contributed by atoms with Crippen LogP contribution >= 0.6 is 22.7 Å². The molecule has 5 aromatic rings. The van der Waals surface area contributed by atoms with E-state index in [1.54, 1.807) is 40.4 Å². The molecule has 32 heavy (non-hydrogen) atoms. The van der Waals surface area contributed by atoms with Gasteiger partial charge in [-0.3, -0.25) is 9.36 Å². The summed E-state index contributed by atoms with van der Waals surface area (Å²) in [6.45, 7) is 0.867. The van der Waals surface area contributed by atoms with Crippen molar-refractivity contribution in [1.29, 1.82) is 0 Å². The van der Waals surface area contributed by atoms with Gasteiger partial charge in [0.25, 0.3) is 5.56 Å². The zero-order valence-electron chi connectivity index (χ0n) is 17.4. The number of methoxy groups -OCH3 is 1. The zero-order valence-corrected chi connectivity index (χ0v) is 19.1. The van der Waals surface area contributed by atoms with Crippen LogP contribution in [0.4, 0.5) is 0 Å². The lowest BCUT2D eigenvalue weighted by atomic mass is 10.1. The zero-order chi connectivity index (χ0) is 22.1. The summed E-state index contributed by atoms with van der Waals surface area (Å²) in [5.41, 5.74) is 8.43. The molecule has 0 saturated carbocycles. The van der Waals surface area contributed by atoms with Gasteiger partial charge < -0.3 is 10.5 Å². The Labute approximate surface area is 193 Å². The van der Waals surface area contributed by atoms with Gasteiger partial charge in [0.15, 0.2) is 5.82 Å². The molecule has 7 heteroatoms. The Balaban J connectivity index is 1.69. The summed E-state index contributed by atoms with van der Waals surface area (Å²) in [5.74, 6) is 1.30. The van der Waals surface area contributed by atoms with Crippen molar-refractivity contribution >= 4 is 33.6 Å². The van der Waals surface area contributed by atoms with E-state index in [1.807, 2.05) is 48.5 Å². The second kappa shape index (κ2) is 8.70. The number of nitrogens with zero attached hydrogens (tertiary/aromatic N) is 2. The summed E-state index contributed by atoms with van der Waals surface area (Å²) < 4.78 is 7.09. The molecule has 0 saturated heterocycles. The Hall–Kier alpha value is -3.26. The average molecular weight is 460 g/mol. The highest BCUT2D eigenvalue weighted by Crippen LogP contribution is 2.36. The van der Waals surface area contributed by atoms with Crippen LogP contribution in [0, 0.1) is 0 Å². The second-order valence-electron chi connectivity index (χ2n) is 7.38. The van der Waals surface area contributed by atoms with E-state index in [1.165, 1.54) is 4.88 Å². The first-order valence-corrected chi connectivity index (χ1v) is 11.9. The first-order chi connectivity index (χ1) is 15.7. The molecule has 5 nitrogen and oxygen atoms in total. The molecule has 0 aliphatic heterocycles. The molecular formula is C25H21N3O2S2. The average Bonchev–Trinajstić information content (AvgIpc) is 3.53. The third kappa shape index (κ3) is 3.86. The van der Waals surface area contributed by atoms with Crippen molar-refractivity contribution in [2.45, 2.75) is 13.1 Å². The molecule has 0 aliphatic carbocycles. The molecule has 160 valence electrons. The first kappa shape index (κ1) is 20.6. The van der Waals surface area contributed by atoms with Gasteiger partial charge in [0.05, 0.1) is 29.4 Å². The van der Waals surface area contributed by atoms with Crippen LogP contribution in [0.2, 0.25) is 0 Å². The molecule has 0 atom stereocenters. The Bertz CT molecular complexity index is 1450. The number of fused-ring (bicyclic) bond motifs is 1. The van der Waals surface area contributed by atoms with E-state index in [4.69, 9.17) is 15.5 Å². The molecular weight excluding hydrogens is 438 g/mol. The fourth-order valence-corrected chi connectivity index (χ4v) is 5.55. The Morgan fingerprint density at radius 3 is 2.59 bits per heavy atom. The van der Waals surface area contributed by atoms with Gasteiger partial charge in [-0.25, -0.2) is 4.98 Å². The van der Waals surface area contributed by atoms with Gasteiger partial charge >= 0.3 is 0 Å². The smallest absolute Gasteiger partial charge is 0.262 e. The summed E-state index contributed by atoms with van der Waals surface area (Å²) in [5, 5.41) is 2.61. The van der Waals surface area contributed by atoms with Crippen LogP contribution in [0.1, 0.15) is 11.1 Å². The standard InChI is InChI=1S/C25H21N3O2S2/c1-30-18-7-8-20-19(13-18)25(29)28(15-17-5-2-4-16(12-17)14-26)24(27-20)23-10-9-22(32-23)21-6-3-11-31-21/h2-13H,14-15,26H2,1H3. The van der Waals surface area contributed by atoms with E-state index in [0.29, 0.717) is 35.6 Å². The second-order valence-corrected chi connectivity index (χ2v) is 9.41. The lowest BCUT2D eigenvalue weighted by molar-refractivity contribution is 0.415. The van der Waals surface area contributed by atoms with Gasteiger partial charge in [0, 0.05) is 16.3 Å². The van der Waals surface area contributed by atoms with Gasteiger partial charge in [-0.1, -0.05) is 30.3 Å². The largest absolute Gasteiger partial charge is 0.497 e. The fraction of sp³-hybridized carbons (Fsp3) is 0.120. The van der Waals surface area contributed by atoms with Crippen LogP contribution in [0.25, 0.3) is 31.4 Å². The highest BCUT2D eigenvalue weighted by molar-refractivity contribution is 7.23. The molecule has 0 unspecified atom stereocenters. The molecule has 2 aromatic carbocycles. The molecule has 0 spiro atoms. The highest BCUT2D eigenvalue weighted by Gasteiger charge is 2.16. The minimum Gasteiger partial charge on any atom is -0.497 e. The van der Waals surface area contributed by atoms with Crippen LogP contribution in [0.15, 0.2) is 76.9 Å². The Morgan fingerprint density at radius 1 is 0.969 bits per heavy atom. The van der Waals surface area contributed by atoms with Crippen molar-refractivity contribution in [3.8, 4) is 26.2 Å². The van der Waals surface area contributed by atoms with Crippen LogP contribution in [-0.2, 0) is 13.1 Å². The minimum absolute atomic E-state index is 0.0897. The van der Waals surface area contributed by atoms with Crippen LogP contribution in [0.5, 0.6) is 5.75 Å². The van der Waals surface area contributed by atoms with E-state index in [9.17, 15) is 4.79 Å². The van der Waals surface area contributed by atoms with E-state index in [0.717, 1.165) is 20.9 Å². The fourth-order valence-electron chi connectivity index (χ4n) is 3.71. The molecule has 0 fully saturated rings. The van der Waals surface area contributed by atoms with Gasteiger partial charge in [-0.15, -0.1) is 22.7 Å². The summed E-state index contributed by atoms with van der Waals surface area (Å²) in [7, 11) is 1.59. The van der Waals surface area contributed by atoms with Crippen molar-refractivity contribution < 1.29 is 4.74 Å². The molecule has 0 amide bonds. The van der Waals surface area contributed by atoms with Crippen molar-refractivity contribution in [1.82, 2.24) is 9.55 Å². The molecule has 0 bridgehead atoms. The summed E-state index contributed by atoms with van der Waals surface area (Å²) >= 11 is 3.35. The Kier molecular flexibility index (Phi) is 5.61. The van der Waals surface area contributed by atoms with Crippen LogP contribution in [-0.4, -0.2) is 16.7 Å². The molecule has 0 aliphatic rings. The van der Waals surface area contributed by atoms with Gasteiger partial charge in [-0.2, -0.15) is 0 Å². The molecule has 5 rings (SSSR count). The van der Waals surface area contributed by atoms with E-state index < -0.39 is 0 Å². The van der Waals surface area contributed by atoms with E-state index in [2.05, 4.69) is 17.5 Å². The number of rotatable bonds is 6. The first-order valence-electron chi connectivity index (χ1n) is 10.2. The number of ether oxygens (including phenoxy) is 1. The molecule has 0 radical (unpaired) electrons. The molecule has 3 aromatic heterocycles. The topological polar surface area (TPSA) is 70.1 Å². The van der Waals surface area contributed by atoms with Crippen molar-refractivity contribution in [3.63, 3.8) is 0 Å². The van der Waals surface area contributed by atoms with Crippen molar-refractivity contribution in [2.75, 3.05) is 7.11 Å². The highest BCUT2D eigenvalue weighted by atomic mass is 32.1. The van der Waals surface area contributed by atoms with Crippen LogP contribution in [0.3, 0.4) is 0 Å². The number of hydrogen-bond donors (Lipinski definition) is 1. The minimum atomic E-state index is -0.0897. The number of aromatic nitrogens is 2. The van der Waals surface area contributed by atoms with E-state index in [-0.39, 0.29) is 5.56 Å². The quantitative estimate of drug-likeness (QED) is 0.371. The predicted molar refractivity (Wildman–Crippen MR) is 133 cm³/mol. The van der Waals surface area contributed by atoms with Crippen molar-refractivity contribution in [3.05, 3.63) is 93.6 Å². The van der Waals surface area contributed by atoms with Gasteiger partial charge in [0.2, 0.25) is 0 Å². The van der Waals surface area contributed by atoms with Crippen LogP contribution < -0.4 is 16.0 Å². The van der Waals surface area contributed by atoms with E-state index >= 15 is 0 Å². The summed E-state index contributed by atoms with van der Waals surface area (Å²) in [4.78, 5) is 21.9. The van der Waals surface area contributed by atoms with Gasteiger partial charge in [-0.05, 0) is 52.9 Å².